The highest BCUT2D eigenvalue weighted by Gasteiger charge is 2.40. The third-order valence-electron chi connectivity index (χ3n) is 2.94. The van der Waals surface area contributed by atoms with E-state index in [1.807, 2.05) is 24.3 Å². The van der Waals surface area contributed by atoms with Crippen molar-refractivity contribution in [2.75, 3.05) is 6.26 Å². The average molecular weight is 263 g/mol. The molecule has 0 aliphatic carbocycles. The topological polar surface area (TPSA) is 34.1 Å². The van der Waals surface area contributed by atoms with E-state index in [9.17, 15) is 8.42 Å². The summed E-state index contributed by atoms with van der Waals surface area (Å²) in [6.45, 7) is 0. The van der Waals surface area contributed by atoms with E-state index in [-0.39, 0.29) is 10.9 Å². The molecular weight excluding hydrogens is 252 g/mol. The van der Waals surface area contributed by atoms with Crippen LogP contribution < -0.4 is 0 Å². The first-order valence-corrected chi connectivity index (χ1v) is 8.33. The second kappa shape index (κ2) is 3.62. The fourth-order valence-electron chi connectivity index (χ4n) is 2.09. The molecule has 0 radical (unpaired) electrons. The molecule has 2 aromatic carbocycles. The molecule has 0 aromatic heterocycles. The lowest BCUT2D eigenvalue weighted by Gasteiger charge is -2.17. The summed E-state index contributed by atoms with van der Waals surface area (Å²) in [5.41, 5.74) is 0. The Hall–Kier alpha value is -1.26. The number of hydrogen-bond donors (Lipinski definition) is 0. The molecule has 0 bridgehead atoms. The van der Waals surface area contributed by atoms with Crippen molar-refractivity contribution in [3.8, 4) is 0 Å². The molecule has 0 saturated heterocycles. The third kappa shape index (κ3) is 1.44. The van der Waals surface area contributed by atoms with Crippen molar-refractivity contribution >= 4 is 20.7 Å². The molecule has 17 heavy (non-hydrogen) atoms. The second-order valence-electron chi connectivity index (χ2n) is 3.91. The van der Waals surface area contributed by atoms with Gasteiger partial charge in [-0.1, -0.05) is 24.3 Å². The minimum atomic E-state index is -3.33. The summed E-state index contributed by atoms with van der Waals surface area (Å²) < 4.78 is 24.9. The fourth-order valence-corrected chi connectivity index (χ4v) is 6.46. The Bertz CT molecular complexity index is 637. The van der Waals surface area contributed by atoms with Crippen molar-refractivity contribution in [2.45, 2.75) is 19.6 Å². The van der Waals surface area contributed by atoms with Gasteiger partial charge in [-0.3, -0.25) is 0 Å². The molecule has 1 aliphatic heterocycles. The molecule has 2 nitrogen and oxygen atoms in total. The quantitative estimate of drug-likeness (QED) is 0.684. The lowest BCUT2D eigenvalue weighted by atomic mass is 10.3. The summed E-state index contributed by atoms with van der Waals surface area (Å²) >= 11 is 0. The van der Waals surface area contributed by atoms with Gasteiger partial charge in [-0.25, -0.2) is 8.42 Å². The lowest BCUT2D eigenvalue weighted by molar-refractivity contribution is 0.590. The Balaban J connectivity index is 2.42. The van der Waals surface area contributed by atoms with E-state index < -0.39 is 9.84 Å². The summed E-state index contributed by atoms with van der Waals surface area (Å²) in [5.74, 6) is 0. The van der Waals surface area contributed by atoms with E-state index in [2.05, 4.69) is 6.26 Å². The van der Waals surface area contributed by atoms with Gasteiger partial charge < -0.3 is 0 Å². The van der Waals surface area contributed by atoms with Crippen LogP contribution in [0.1, 0.15) is 0 Å². The Kier molecular flexibility index (Phi) is 2.31. The van der Waals surface area contributed by atoms with Crippen LogP contribution in [0.5, 0.6) is 0 Å². The van der Waals surface area contributed by atoms with Crippen molar-refractivity contribution < 1.29 is 8.42 Å². The molecule has 1 heterocycles. The van der Waals surface area contributed by atoms with E-state index >= 15 is 0 Å². The molecule has 0 N–H and O–H groups in total. The van der Waals surface area contributed by atoms with Crippen molar-refractivity contribution in [2.24, 2.45) is 0 Å². The lowest BCUT2D eigenvalue weighted by Crippen LogP contribution is -2.18. The van der Waals surface area contributed by atoms with Crippen LogP contribution >= 0.6 is 0 Å². The summed E-state index contributed by atoms with van der Waals surface area (Å²) in [6, 6.07) is 14.6. The molecule has 0 unspecified atom stereocenters. The predicted octanol–water partition coefficient (Wildman–Crippen LogP) is 2.50. The van der Waals surface area contributed by atoms with Gasteiger partial charge in [-0.05, 0) is 24.3 Å². The first-order chi connectivity index (χ1) is 8.12. The minimum Gasteiger partial charge on any atom is -0.218 e. The number of fused-ring (bicyclic) bond motifs is 2. The Labute approximate surface area is 104 Å². The summed E-state index contributed by atoms with van der Waals surface area (Å²) in [5, 5.41) is 0. The number of benzene rings is 2. The van der Waals surface area contributed by atoms with Gasteiger partial charge in [0, 0.05) is 0 Å². The van der Waals surface area contributed by atoms with E-state index in [1.165, 1.54) is 0 Å². The number of hydrogen-bond acceptors (Lipinski definition) is 2. The SMILES string of the molecule is C[S+]1c2ccccc2S(=O)(=O)c2ccccc21. The van der Waals surface area contributed by atoms with E-state index in [0.29, 0.717) is 9.79 Å². The van der Waals surface area contributed by atoms with Gasteiger partial charge in [0.1, 0.15) is 16.0 Å². The Morgan fingerprint density at radius 2 is 1.24 bits per heavy atom. The minimum absolute atomic E-state index is 0.166. The van der Waals surface area contributed by atoms with Crippen molar-refractivity contribution in [1.82, 2.24) is 0 Å². The van der Waals surface area contributed by atoms with Gasteiger partial charge in [0.2, 0.25) is 9.84 Å². The molecule has 4 heteroatoms. The molecule has 0 atom stereocenters. The highest BCUT2D eigenvalue weighted by Crippen LogP contribution is 2.39. The zero-order valence-electron chi connectivity index (χ0n) is 9.25. The fraction of sp³-hybridized carbons (Fsp3) is 0.0769. The first kappa shape index (κ1) is 10.9. The predicted molar refractivity (Wildman–Crippen MR) is 68.2 cm³/mol. The number of rotatable bonds is 0. The smallest absolute Gasteiger partial charge is 0.216 e. The van der Waals surface area contributed by atoms with Gasteiger partial charge in [0.05, 0.1) is 10.9 Å². The Morgan fingerprint density at radius 1 is 0.824 bits per heavy atom. The molecule has 0 fully saturated rings. The highest BCUT2D eigenvalue weighted by molar-refractivity contribution is 8.00. The van der Waals surface area contributed by atoms with Crippen LogP contribution in [-0.4, -0.2) is 14.7 Å². The summed E-state index contributed by atoms with van der Waals surface area (Å²) in [4.78, 5) is 2.77. The van der Waals surface area contributed by atoms with Crippen LogP contribution in [-0.2, 0) is 20.7 Å². The molecule has 0 spiro atoms. The highest BCUT2D eigenvalue weighted by atomic mass is 32.2. The van der Waals surface area contributed by atoms with Gasteiger partial charge in [0.15, 0.2) is 9.79 Å². The van der Waals surface area contributed by atoms with E-state index in [1.54, 1.807) is 24.3 Å². The molecule has 3 rings (SSSR count). The van der Waals surface area contributed by atoms with Crippen LogP contribution in [0.2, 0.25) is 0 Å². The average Bonchev–Trinajstić information content (AvgIpc) is 2.37. The molecule has 1 aliphatic rings. The summed E-state index contributed by atoms with van der Waals surface area (Å²) in [7, 11) is -3.49. The Morgan fingerprint density at radius 3 is 1.71 bits per heavy atom. The van der Waals surface area contributed by atoms with E-state index in [0.717, 1.165) is 9.79 Å². The molecule has 86 valence electrons. The van der Waals surface area contributed by atoms with Crippen molar-refractivity contribution in [1.29, 1.82) is 0 Å². The zero-order chi connectivity index (χ0) is 12.0. The molecule has 0 saturated carbocycles. The molecule has 0 amide bonds. The molecular formula is C13H11O2S2+. The second-order valence-corrected chi connectivity index (χ2v) is 7.69. The maximum Gasteiger partial charge on any atom is 0.216 e. The van der Waals surface area contributed by atoms with Crippen LogP contribution in [0, 0.1) is 0 Å². The van der Waals surface area contributed by atoms with Crippen LogP contribution in [0.15, 0.2) is 68.1 Å². The third-order valence-corrected chi connectivity index (χ3v) is 7.10. The van der Waals surface area contributed by atoms with Gasteiger partial charge in [0.25, 0.3) is 0 Å². The normalized spacial score (nSPS) is 17.2. The molecule has 2 aromatic rings. The van der Waals surface area contributed by atoms with Crippen molar-refractivity contribution in [3.63, 3.8) is 0 Å². The van der Waals surface area contributed by atoms with Crippen LogP contribution in [0.3, 0.4) is 0 Å². The van der Waals surface area contributed by atoms with Gasteiger partial charge >= 0.3 is 0 Å². The standard InChI is InChI=1S/C13H11O2S2/c1-16-10-6-2-4-8-12(10)17(14,15)13-9-5-3-7-11(13)16/h2-9H,1H3/q+1. The maximum atomic E-state index is 12.4. The maximum absolute atomic E-state index is 12.4. The zero-order valence-corrected chi connectivity index (χ0v) is 10.9. The van der Waals surface area contributed by atoms with Crippen LogP contribution in [0.25, 0.3) is 0 Å². The van der Waals surface area contributed by atoms with Gasteiger partial charge in [-0.15, -0.1) is 0 Å². The van der Waals surface area contributed by atoms with E-state index in [4.69, 9.17) is 0 Å². The largest absolute Gasteiger partial charge is 0.218 e. The van der Waals surface area contributed by atoms with Crippen molar-refractivity contribution in [3.05, 3.63) is 48.5 Å². The van der Waals surface area contributed by atoms with Gasteiger partial charge in [-0.2, -0.15) is 0 Å². The first-order valence-electron chi connectivity index (χ1n) is 5.21. The monoisotopic (exact) mass is 263 g/mol. The number of sulfone groups is 1. The van der Waals surface area contributed by atoms with Crippen LogP contribution in [0.4, 0.5) is 0 Å². The summed E-state index contributed by atoms with van der Waals surface area (Å²) in [6.07, 6.45) is 2.08.